The lowest BCUT2D eigenvalue weighted by Crippen LogP contribution is -2.13. The average Bonchev–Trinajstić information content (AvgIpc) is 2.62. The summed E-state index contributed by atoms with van der Waals surface area (Å²) in [6.45, 7) is 2.52. The summed E-state index contributed by atoms with van der Waals surface area (Å²) in [5.41, 5.74) is 5.23. The summed E-state index contributed by atoms with van der Waals surface area (Å²) >= 11 is 0. The number of nitrogens with one attached hydrogen (secondary N) is 2. The summed E-state index contributed by atoms with van der Waals surface area (Å²) in [6.07, 6.45) is 2.98. The van der Waals surface area contributed by atoms with Gasteiger partial charge in [0.1, 0.15) is 12.4 Å². The second-order valence-electron chi connectivity index (χ2n) is 5.35. The molecule has 0 unspecified atom stereocenters. The van der Waals surface area contributed by atoms with Crippen LogP contribution in [0.3, 0.4) is 0 Å². The summed E-state index contributed by atoms with van der Waals surface area (Å²) in [5, 5.41) is 9.90. The molecule has 126 valence electrons. The van der Waals surface area contributed by atoms with Gasteiger partial charge < -0.3 is 4.74 Å². The standard InChI is InChI=1S/C18H17N5O2/c1-13-6-8-14(9-7-13)12-25-16-5-3-2-4-15(16)10-19-22-17-11-20-23-18(24)21-17/h2-11H,12H2,1H3,(H2,21,22,23,24)/b19-10+. The zero-order valence-corrected chi connectivity index (χ0v) is 13.6. The zero-order chi connectivity index (χ0) is 17.5. The average molecular weight is 335 g/mol. The molecule has 0 atom stereocenters. The SMILES string of the molecule is Cc1ccc(COc2ccccc2/C=N/Nc2cn[nH]c(=O)n2)cc1. The molecule has 1 heterocycles. The Morgan fingerprint density at radius 2 is 2.00 bits per heavy atom. The van der Waals surface area contributed by atoms with E-state index in [-0.39, 0.29) is 5.82 Å². The van der Waals surface area contributed by atoms with Gasteiger partial charge in [0.25, 0.3) is 0 Å². The van der Waals surface area contributed by atoms with E-state index in [1.807, 2.05) is 43.3 Å². The lowest BCUT2D eigenvalue weighted by Gasteiger charge is -2.09. The van der Waals surface area contributed by atoms with Crippen LogP contribution in [0.15, 0.2) is 64.6 Å². The molecule has 0 bridgehead atoms. The quantitative estimate of drug-likeness (QED) is 0.533. The lowest BCUT2D eigenvalue weighted by molar-refractivity contribution is 0.306. The topological polar surface area (TPSA) is 92.3 Å². The van der Waals surface area contributed by atoms with Crippen molar-refractivity contribution in [1.82, 2.24) is 15.2 Å². The monoisotopic (exact) mass is 335 g/mol. The van der Waals surface area contributed by atoms with Crippen LogP contribution >= 0.6 is 0 Å². The smallest absolute Gasteiger partial charge is 0.363 e. The van der Waals surface area contributed by atoms with Gasteiger partial charge in [0.15, 0.2) is 5.82 Å². The Morgan fingerprint density at radius 1 is 1.20 bits per heavy atom. The van der Waals surface area contributed by atoms with Crippen LogP contribution in [0.2, 0.25) is 0 Å². The van der Waals surface area contributed by atoms with Crippen molar-refractivity contribution >= 4 is 12.0 Å². The Balaban J connectivity index is 1.66. The Bertz CT molecular complexity index is 919. The number of hydrazone groups is 1. The molecule has 0 spiro atoms. The van der Waals surface area contributed by atoms with Gasteiger partial charge >= 0.3 is 5.69 Å². The van der Waals surface area contributed by atoms with Gasteiger partial charge in [0.2, 0.25) is 0 Å². The number of anilines is 1. The fraction of sp³-hybridized carbons (Fsp3) is 0.111. The second kappa shape index (κ2) is 7.87. The number of aromatic nitrogens is 3. The van der Waals surface area contributed by atoms with Crippen LogP contribution < -0.4 is 15.9 Å². The largest absolute Gasteiger partial charge is 0.488 e. The highest BCUT2D eigenvalue weighted by Crippen LogP contribution is 2.18. The van der Waals surface area contributed by atoms with E-state index in [0.717, 1.165) is 11.1 Å². The van der Waals surface area contributed by atoms with Crippen LogP contribution in [0.1, 0.15) is 16.7 Å². The van der Waals surface area contributed by atoms with Crippen molar-refractivity contribution in [3.8, 4) is 5.75 Å². The van der Waals surface area contributed by atoms with Gasteiger partial charge in [-0.2, -0.15) is 15.2 Å². The molecule has 0 amide bonds. The molecule has 1 aromatic heterocycles. The fourth-order valence-electron chi connectivity index (χ4n) is 2.10. The Labute approximate surface area is 144 Å². The number of benzene rings is 2. The number of aryl methyl sites for hydroxylation is 1. The van der Waals surface area contributed by atoms with E-state index in [1.165, 1.54) is 11.8 Å². The predicted molar refractivity (Wildman–Crippen MR) is 95.8 cm³/mol. The Morgan fingerprint density at radius 3 is 2.80 bits per heavy atom. The van der Waals surface area contributed by atoms with Crippen LogP contribution in [0.25, 0.3) is 0 Å². The number of hydrogen-bond acceptors (Lipinski definition) is 6. The molecule has 7 nitrogen and oxygen atoms in total. The van der Waals surface area contributed by atoms with E-state index < -0.39 is 5.69 Å². The maximum Gasteiger partial charge on any atom is 0.363 e. The summed E-state index contributed by atoms with van der Waals surface area (Å²) in [5.74, 6) is 0.976. The number of ether oxygens (including phenoxy) is 1. The highest BCUT2D eigenvalue weighted by Gasteiger charge is 2.02. The first-order valence-electron chi connectivity index (χ1n) is 7.69. The molecule has 3 aromatic rings. The van der Waals surface area contributed by atoms with Crippen molar-refractivity contribution in [1.29, 1.82) is 0 Å². The summed E-state index contributed by atoms with van der Waals surface area (Å²) < 4.78 is 5.88. The lowest BCUT2D eigenvalue weighted by atomic mass is 10.1. The van der Waals surface area contributed by atoms with Crippen LogP contribution in [-0.2, 0) is 6.61 Å². The number of hydrogen-bond donors (Lipinski definition) is 2. The molecule has 0 fully saturated rings. The van der Waals surface area contributed by atoms with Gasteiger partial charge in [-0.1, -0.05) is 42.0 Å². The fourth-order valence-corrected chi connectivity index (χ4v) is 2.10. The summed E-state index contributed by atoms with van der Waals surface area (Å²) in [7, 11) is 0. The van der Waals surface area contributed by atoms with Crippen molar-refractivity contribution in [2.75, 3.05) is 5.43 Å². The zero-order valence-electron chi connectivity index (χ0n) is 13.6. The number of aromatic amines is 1. The van der Waals surface area contributed by atoms with E-state index in [4.69, 9.17) is 4.74 Å². The third-order valence-electron chi connectivity index (χ3n) is 3.39. The molecule has 3 rings (SSSR count). The molecule has 2 N–H and O–H groups in total. The van der Waals surface area contributed by atoms with Crippen molar-refractivity contribution < 1.29 is 4.74 Å². The van der Waals surface area contributed by atoms with Crippen molar-refractivity contribution in [3.63, 3.8) is 0 Å². The number of nitrogens with zero attached hydrogens (tertiary/aromatic N) is 3. The minimum atomic E-state index is -0.540. The number of H-pyrrole nitrogens is 1. The molecule has 0 saturated heterocycles. The molecule has 0 aliphatic rings. The molecule has 0 saturated carbocycles. The van der Waals surface area contributed by atoms with E-state index in [1.54, 1.807) is 6.21 Å². The third kappa shape index (κ3) is 4.74. The van der Waals surface area contributed by atoms with Gasteiger partial charge in [0.05, 0.1) is 12.4 Å². The third-order valence-corrected chi connectivity index (χ3v) is 3.39. The Hall–Kier alpha value is -3.48. The van der Waals surface area contributed by atoms with Crippen LogP contribution in [0.4, 0.5) is 5.82 Å². The van der Waals surface area contributed by atoms with E-state index in [9.17, 15) is 4.79 Å². The first kappa shape index (κ1) is 16.4. The predicted octanol–water partition coefficient (Wildman–Crippen LogP) is 2.50. The highest BCUT2D eigenvalue weighted by atomic mass is 16.5. The van der Waals surface area contributed by atoms with E-state index >= 15 is 0 Å². The van der Waals surface area contributed by atoms with E-state index in [0.29, 0.717) is 12.4 Å². The second-order valence-corrected chi connectivity index (χ2v) is 5.35. The highest BCUT2D eigenvalue weighted by molar-refractivity contribution is 5.83. The maximum absolute atomic E-state index is 11.1. The summed E-state index contributed by atoms with van der Waals surface area (Å²) in [4.78, 5) is 14.8. The van der Waals surface area contributed by atoms with Gasteiger partial charge in [-0.15, -0.1) is 0 Å². The normalized spacial score (nSPS) is 10.8. The van der Waals surface area contributed by atoms with Crippen molar-refractivity contribution in [2.24, 2.45) is 5.10 Å². The number of para-hydroxylation sites is 1. The molecule has 0 aliphatic heterocycles. The van der Waals surface area contributed by atoms with Gasteiger partial charge in [-0.3, -0.25) is 5.43 Å². The van der Waals surface area contributed by atoms with Crippen LogP contribution in [-0.4, -0.2) is 21.4 Å². The van der Waals surface area contributed by atoms with Crippen LogP contribution in [0.5, 0.6) is 5.75 Å². The molecule has 0 radical (unpaired) electrons. The molecule has 0 aliphatic carbocycles. The maximum atomic E-state index is 11.1. The Kier molecular flexibility index (Phi) is 5.16. The van der Waals surface area contributed by atoms with Gasteiger partial charge in [-0.25, -0.2) is 9.89 Å². The van der Waals surface area contributed by atoms with Crippen molar-refractivity contribution in [3.05, 3.63) is 81.9 Å². The molecular formula is C18H17N5O2. The van der Waals surface area contributed by atoms with E-state index in [2.05, 4.69) is 37.8 Å². The molecule has 25 heavy (non-hydrogen) atoms. The van der Waals surface area contributed by atoms with Gasteiger partial charge in [-0.05, 0) is 24.6 Å². The molecule has 2 aromatic carbocycles. The first-order valence-corrected chi connectivity index (χ1v) is 7.69. The molecular weight excluding hydrogens is 318 g/mol. The minimum Gasteiger partial charge on any atom is -0.488 e. The summed E-state index contributed by atoms with van der Waals surface area (Å²) in [6, 6.07) is 15.8. The van der Waals surface area contributed by atoms with Crippen molar-refractivity contribution in [2.45, 2.75) is 13.5 Å². The van der Waals surface area contributed by atoms with Crippen LogP contribution in [0, 0.1) is 6.92 Å². The minimum absolute atomic E-state index is 0.262. The number of rotatable bonds is 6. The van der Waals surface area contributed by atoms with Gasteiger partial charge in [0, 0.05) is 5.56 Å². The molecule has 7 heteroatoms. The first-order chi connectivity index (χ1) is 12.2.